The van der Waals surface area contributed by atoms with Gasteiger partial charge in [-0.15, -0.1) is 0 Å². The summed E-state index contributed by atoms with van der Waals surface area (Å²) in [6, 6.07) is 6.29. The van der Waals surface area contributed by atoms with Gasteiger partial charge in [-0.05, 0) is 49.4 Å². The Balaban J connectivity index is 1.90. The average Bonchev–Trinajstić information content (AvgIpc) is 2.30. The fourth-order valence-electron chi connectivity index (χ4n) is 2.28. The molecule has 0 aromatic heterocycles. The molecule has 2 rings (SSSR count). The molecule has 4 heteroatoms. The van der Waals surface area contributed by atoms with Crippen molar-refractivity contribution in [2.24, 2.45) is 0 Å². The Morgan fingerprint density at radius 3 is 3.00 bits per heavy atom. The molecule has 2 atom stereocenters. The van der Waals surface area contributed by atoms with E-state index in [0.717, 1.165) is 47.3 Å². The minimum Gasteiger partial charge on any atom is -0.393 e. The van der Waals surface area contributed by atoms with Crippen molar-refractivity contribution in [2.75, 3.05) is 0 Å². The SMILES string of the molecule is OC1CCCC(NCc2cc(Br)ccc2Cl)C1. The van der Waals surface area contributed by atoms with E-state index in [2.05, 4.69) is 21.2 Å². The van der Waals surface area contributed by atoms with Crippen LogP contribution in [0.3, 0.4) is 0 Å². The largest absolute Gasteiger partial charge is 0.393 e. The fourth-order valence-corrected chi connectivity index (χ4v) is 2.88. The molecule has 1 aliphatic carbocycles. The Labute approximate surface area is 115 Å². The summed E-state index contributed by atoms with van der Waals surface area (Å²) in [6.45, 7) is 0.760. The highest BCUT2D eigenvalue weighted by Crippen LogP contribution is 2.22. The van der Waals surface area contributed by atoms with E-state index in [4.69, 9.17) is 11.6 Å². The molecular formula is C13H17BrClNO. The second-order valence-electron chi connectivity index (χ2n) is 4.63. The van der Waals surface area contributed by atoms with E-state index in [1.165, 1.54) is 0 Å². The molecule has 0 saturated heterocycles. The van der Waals surface area contributed by atoms with Crippen LogP contribution in [-0.4, -0.2) is 17.3 Å². The van der Waals surface area contributed by atoms with E-state index < -0.39 is 0 Å². The van der Waals surface area contributed by atoms with E-state index >= 15 is 0 Å². The summed E-state index contributed by atoms with van der Waals surface area (Å²) >= 11 is 9.58. The van der Waals surface area contributed by atoms with Gasteiger partial charge in [-0.2, -0.15) is 0 Å². The molecule has 0 spiro atoms. The number of hydrogen-bond acceptors (Lipinski definition) is 2. The van der Waals surface area contributed by atoms with Crippen molar-refractivity contribution < 1.29 is 5.11 Å². The Bertz CT molecular complexity index is 386. The second kappa shape index (κ2) is 6.19. The Hall–Kier alpha value is -0.0900. The van der Waals surface area contributed by atoms with Crippen LogP contribution in [0.5, 0.6) is 0 Å². The van der Waals surface area contributed by atoms with Gasteiger partial charge in [0.15, 0.2) is 0 Å². The zero-order chi connectivity index (χ0) is 12.3. The minimum absolute atomic E-state index is 0.140. The van der Waals surface area contributed by atoms with Crippen LogP contribution < -0.4 is 5.32 Å². The molecule has 0 amide bonds. The van der Waals surface area contributed by atoms with Crippen molar-refractivity contribution in [1.29, 1.82) is 0 Å². The zero-order valence-electron chi connectivity index (χ0n) is 9.63. The molecule has 17 heavy (non-hydrogen) atoms. The minimum atomic E-state index is -0.140. The molecule has 0 aliphatic heterocycles. The first-order valence-corrected chi connectivity index (χ1v) is 7.17. The molecule has 0 heterocycles. The Kier molecular flexibility index (Phi) is 4.86. The molecule has 1 aromatic carbocycles. The highest BCUT2D eigenvalue weighted by molar-refractivity contribution is 9.10. The second-order valence-corrected chi connectivity index (χ2v) is 5.96. The monoisotopic (exact) mass is 317 g/mol. The van der Waals surface area contributed by atoms with E-state index in [1.807, 2.05) is 18.2 Å². The van der Waals surface area contributed by atoms with Gasteiger partial charge in [-0.1, -0.05) is 27.5 Å². The van der Waals surface area contributed by atoms with Gasteiger partial charge < -0.3 is 10.4 Å². The first-order chi connectivity index (χ1) is 8.15. The van der Waals surface area contributed by atoms with Crippen LogP contribution in [0.1, 0.15) is 31.2 Å². The summed E-state index contributed by atoms with van der Waals surface area (Å²) in [5.74, 6) is 0. The van der Waals surface area contributed by atoms with Gasteiger partial charge in [-0.3, -0.25) is 0 Å². The number of nitrogens with one attached hydrogen (secondary N) is 1. The van der Waals surface area contributed by atoms with E-state index in [9.17, 15) is 5.11 Å². The van der Waals surface area contributed by atoms with Crippen molar-refractivity contribution in [2.45, 2.75) is 44.4 Å². The van der Waals surface area contributed by atoms with Crippen molar-refractivity contribution in [3.05, 3.63) is 33.3 Å². The molecule has 2 nitrogen and oxygen atoms in total. The summed E-state index contributed by atoms with van der Waals surface area (Å²) in [6.07, 6.45) is 3.90. The predicted octanol–water partition coefficient (Wildman–Crippen LogP) is 3.50. The van der Waals surface area contributed by atoms with Crippen molar-refractivity contribution in [1.82, 2.24) is 5.32 Å². The predicted molar refractivity (Wildman–Crippen MR) is 74.3 cm³/mol. The van der Waals surface area contributed by atoms with Crippen LogP contribution in [0, 0.1) is 0 Å². The zero-order valence-corrected chi connectivity index (χ0v) is 12.0. The number of rotatable bonds is 3. The number of benzene rings is 1. The molecule has 0 radical (unpaired) electrons. The number of aliphatic hydroxyl groups is 1. The lowest BCUT2D eigenvalue weighted by atomic mass is 9.93. The standard InChI is InChI=1S/C13H17BrClNO/c14-10-4-5-13(15)9(6-10)8-16-11-2-1-3-12(17)7-11/h4-6,11-12,16-17H,1-3,7-8H2. The van der Waals surface area contributed by atoms with Crippen molar-refractivity contribution in [3.8, 4) is 0 Å². The van der Waals surface area contributed by atoms with E-state index in [0.29, 0.717) is 6.04 Å². The van der Waals surface area contributed by atoms with E-state index in [1.54, 1.807) is 0 Å². The maximum Gasteiger partial charge on any atom is 0.0555 e. The lowest BCUT2D eigenvalue weighted by Gasteiger charge is -2.27. The summed E-state index contributed by atoms with van der Waals surface area (Å²) < 4.78 is 1.04. The topological polar surface area (TPSA) is 32.3 Å². The molecule has 1 aromatic rings. The van der Waals surface area contributed by atoms with Gasteiger partial charge in [0.1, 0.15) is 0 Å². The molecule has 94 valence electrons. The highest BCUT2D eigenvalue weighted by atomic mass is 79.9. The molecule has 2 N–H and O–H groups in total. The first-order valence-electron chi connectivity index (χ1n) is 6.00. The van der Waals surface area contributed by atoms with Gasteiger partial charge in [0.05, 0.1) is 6.10 Å². The van der Waals surface area contributed by atoms with Gasteiger partial charge in [0.25, 0.3) is 0 Å². The lowest BCUT2D eigenvalue weighted by molar-refractivity contribution is 0.111. The van der Waals surface area contributed by atoms with Crippen molar-refractivity contribution >= 4 is 27.5 Å². The third kappa shape index (κ3) is 3.95. The van der Waals surface area contributed by atoms with Crippen molar-refractivity contribution in [3.63, 3.8) is 0 Å². The quantitative estimate of drug-likeness (QED) is 0.894. The van der Waals surface area contributed by atoms with Crippen LogP contribution in [-0.2, 0) is 6.54 Å². The van der Waals surface area contributed by atoms with Crippen LogP contribution >= 0.6 is 27.5 Å². The molecule has 1 aliphatic rings. The van der Waals surface area contributed by atoms with Crippen LogP contribution in [0.15, 0.2) is 22.7 Å². The smallest absolute Gasteiger partial charge is 0.0555 e. The van der Waals surface area contributed by atoms with Crippen LogP contribution in [0.2, 0.25) is 5.02 Å². The molecular weight excluding hydrogens is 302 g/mol. The lowest BCUT2D eigenvalue weighted by Crippen LogP contribution is -2.35. The third-order valence-corrected chi connectivity index (χ3v) is 4.10. The molecule has 0 bridgehead atoms. The third-order valence-electron chi connectivity index (χ3n) is 3.24. The molecule has 2 unspecified atom stereocenters. The summed E-state index contributed by atoms with van der Waals surface area (Å²) in [7, 11) is 0. The maximum atomic E-state index is 9.60. The highest BCUT2D eigenvalue weighted by Gasteiger charge is 2.19. The number of halogens is 2. The summed E-state index contributed by atoms with van der Waals surface area (Å²) in [5.41, 5.74) is 1.10. The summed E-state index contributed by atoms with van der Waals surface area (Å²) in [4.78, 5) is 0. The van der Waals surface area contributed by atoms with Gasteiger partial charge in [0, 0.05) is 22.1 Å². The van der Waals surface area contributed by atoms with Crippen LogP contribution in [0.4, 0.5) is 0 Å². The Morgan fingerprint density at radius 1 is 1.41 bits per heavy atom. The molecule has 1 saturated carbocycles. The number of hydrogen-bond donors (Lipinski definition) is 2. The van der Waals surface area contributed by atoms with Gasteiger partial charge in [0.2, 0.25) is 0 Å². The normalized spacial score (nSPS) is 24.9. The molecule has 1 fully saturated rings. The van der Waals surface area contributed by atoms with Gasteiger partial charge in [-0.25, -0.2) is 0 Å². The van der Waals surface area contributed by atoms with Gasteiger partial charge >= 0.3 is 0 Å². The average molecular weight is 319 g/mol. The van der Waals surface area contributed by atoms with E-state index in [-0.39, 0.29) is 6.10 Å². The number of aliphatic hydroxyl groups excluding tert-OH is 1. The maximum absolute atomic E-state index is 9.60. The summed E-state index contributed by atoms with van der Waals surface area (Å²) in [5, 5.41) is 13.9. The van der Waals surface area contributed by atoms with Crippen LogP contribution in [0.25, 0.3) is 0 Å². The Morgan fingerprint density at radius 2 is 2.24 bits per heavy atom. The fraction of sp³-hybridized carbons (Fsp3) is 0.538. The first kappa shape index (κ1) is 13.3.